The van der Waals surface area contributed by atoms with Crippen molar-refractivity contribution in [3.8, 4) is 0 Å². The Morgan fingerprint density at radius 2 is 2.20 bits per heavy atom. The maximum Gasteiger partial charge on any atom is 0.284 e. The zero-order valence-electron chi connectivity index (χ0n) is 6.39. The van der Waals surface area contributed by atoms with Gasteiger partial charge in [0.15, 0.2) is 0 Å². The summed E-state index contributed by atoms with van der Waals surface area (Å²) in [6.07, 6.45) is 1.21. The highest BCUT2D eigenvalue weighted by atomic mass is 16.2. The Morgan fingerprint density at radius 3 is 2.60 bits per heavy atom. The third kappa shape index (κ3) is 5.28. The van der Waals surface area contributed by atoms with Crippen molar-refractivity contribution in [1.82, 2.24) is 5.32 Å². The molecule has 0 fully saturated rings. The van der Waals surface area contributed by atoms with E-state index < -0.39 is 5.91 Å². The van der Waals surface area contributed by atoms with E-state index in [1.807, 2.05) is 0 Å². The molecule has 0 aromatic rings. The zero-order valence-corrected chi connectivity index (χ0v) is 6.39. The van der Waals surface area contributed by atoms with Crippen LogP contribution in [0.15, 0.2) is 0 Å². The second-order valence-corrected chi connectivity index (χ2v) is 2.59. The number of rotatable bonds is 4. The molecule has 0 bridgehead atoms. The largest absolute Gasteiger partial charge is 0.350 e. The van der Waals surface area contributed by atoms with E-state index in [-0.39, 0.29) is 0 Å². The fourth-order valence-corrected chi connectivity index (χ4v) is 0.526. The first-order chi connectivity index (χ1) is 4.66. The summed E-state index contributed by atoms with van der Waals surface area (Å²) in [5.74, 6) is 0.0348. The van der Waals surface area contributed by atoms with Gasteiger partial charge in [0.05, 0.1) is 0 Å². The Labute approximate surface area is 60.8 Å². The molecule has 0 unspecified atom stereocenters. The summed E-state index contributed by atoms with van der Waals surface area (Å²) in [5.41, 5.74) is 0. The summed E-state index contributed by atoms with van der Waals surface area (Å²) >= 11 is 0. The maximum absolute atomic E-state index is 10.3. The highest BCUT2D eigenvalue weighted by molar-refractivity contribution is 6.23. The second kappa shape index (κ2) is 4.97. The number of carbonyl (C=O) groups is 2. The lowest BCUT2D eigenvalue weighted by atomic mass is 10.1. The smallest absolute Gasteiger partial charge is 0.284 e. The quantitative estimate of drug-likeness (QED) is 0.456. The molecule has 0 atom stereocenters. The van der Waals surface area contributed by atoms with Crippen LogP contribution >= 0.6 is 0 Å². The predicted octanol–water partition coefficient (Wildman–Crippen LogP) is 0.348. The first-order valence-electron chi connectivity index (χ1n) is 3.40. The van der Waals surface area contributed by atoms with Gasteiger partial charge < -0.3 is 5.32 Å². The van der Waals surface area contributed by atoms with E-state index in [1.54, 1.807) is 0 Å². The lowest BCUT2D eigenvalue weighted by Crippen LogP contribution is -2.25. The Balaban J connectivity index is 3.19. The Bertz CT molecular complexity index is 121. The van der Waals surface area contributed by atoms with E-state index in [1.165, 1.54) is 0 Å². The molecule has 10 heavy (non-hydrogen) atoms. The molecule has 0 spiro atoms. The van der Waals surface area contributed by atoms with Crippen LogP contribution in [0.3, 0.4) is 0 Å². The van der Waals surface area contributed by atoms with Crippen LogP contribution in [0.1, 0.15) is 20.3 Å². The molecular weight excluding hydrogens is 130 g/mol. The molecule has 0 aliphatic rings. The van der Waals surface area contributed by atoms with Crippen LogP contribution in [-0.2, 0) is 9.59 Å². The van der Waals surface area contributed by atoms with Crippen molar-refractivity contribution in [2.45, 2.75) is 20.3 Å². The van der Waals surface area contributed by atoms with Crippen molar-refractivity contribution in [3.05, 3.63) is 0 Å². The van der Waals surface area contributed by atoms with Gasteiger partial charge in [-0.2, -0.15) is 0 Å². The first-order valence-corrected chi connectivity index (χ1v) is 3.40. The Hall–Kier alpha value is -0.860. The number of carbonyl (C=O) groups excluding carboxylic acids is 2. The highest BCUT2D eigenvalue weighted by Crippen LogP contribution is 1.95. The molecule has 0 saturated carbocycles. The van der Waals surface area contributed by atoms with Gasteiger partial charge in [0, 0.05) is 6.54 Å². The molecule has 0 saturated heterocycles. The van der Waals surface area contributed by atoms with Crippen molar-refractivity contribution in [2.75, 3.05) is 6.54 Å². The lowest BCUT2D eigenvalue weighted by Gasteiger charge is -2.02. The van der Waals surface area contributed by atoms with Gasteiger partial charge in [0.2, 0.25) is 6.29 Å². The summed E-state index contributed by atoms with van der Waals surface area (Å²) in [7, 11) is 0. The predicted molar refractivity (Wildman–Crippen MR) is 38.5 cm³/mol. The van der Waals surface area contributed by atoms with E-state index >= 15 is 0 Å². The van der Waals surface area contributed by atoms with Gasteiger partial charge in [-0.05, 0) is 12.3 Å². The van der Waals surface area contributed by atoms with Crippen molar-refractivity contribution < 1.29 is 9.59 Å². The van der Waals surface area contributed by atoms with Crippen LogP contribution in [0, 0.1) is 5.92 Å². The molecule has 0 rings (SSSR count). The summed E-state index contributed by atoms with van der Waals surface area (Å²) < 4.78 is 0. The number of aldehydes is 1. The zero-order chi connectivity index (χ0) is 7.98. The van der Waals surface area contributed by atoms with Gasteiger partial charge in [-0.15, -0.1) is 0 Å². The van der Waals surface area contributed by atoms with E-state index in [0.717, 1.165) is 6.42 Å². The minimum absolute atomic E-state index is 0.292. The monoisotopic (exact) mass is 143 g/mol. The Morgan fingerprint density at radius 1 is 1.60 bits per heavy atom. The van der Waals surface area contributed by atoms with Gasteiger partial charge in [-0.25, -0.2) is 0 Å². The number of hydrogen-bond donors (Lipinski definition) is 1. The molecule has 58 valence electrons. The van der Waals surface area contributed by atoms with Gasteiger partial charge >= 0.3 is 0 Å². The molecule has 3 nitrogen and oxygen atoms in total. The van der Waals surface area contributed by atoms with Crippen LogP contribution in [0.4, 0.5) is 0 Å². The SMILES string of the molecule is CC(C)CCNC(=O)C=O. The van der Waals surface area contributed by atoms with Crippen LogP contribution in [-0.4, -0.2) is 18.7 Å². The van der Waals surface area contributed by atoms with E-state index in [2.05, 4.69) is 19.2 Å². The number of nitrogens with one attached hydrogen (secondary N) is 1. The number of hydrogen-bond acceptors (Lipinski definition) is 2. The van der Waals surface area contributed by atoms with E-state index in [9.17, 15) is 9.59 Å². The summed E-state index contributed by atoms with van der Waals surface area (Å²) in [6, 6.07) is 0. The molecule has 1 N–H and O–H groups in total. The minimum atomic E-state index is -0.527. The molecule has 0 aliphatic heterocycles. The molecule has 3 heteroatoms. The molecule has 0 aliphatic carbocycles. The topological polar surface area (TPSA) is 46.2 Å². The highest BCUT2D eigenvalue weighted by Gasteiger charge is 1.96. The minimum Gasteiger partial charge on any atom is -0.350 e. The fourth-order valence-electron chi connectivity index (χ4n) is 0.526. The van der Waals surface area contributed by atoms with Gasteiger partial charge in [0.25, 0.3) is 5.91 Å². The molecule has 1 amide bonds. The molecular formula is C7H13NO2. The van der Waals surface area contributed by atoms with Crippen molar-refractivity contribution in [2.24, 2.45) is 5.92 Å². The maximum atomic E-state index is 10.3. The fraction of sp³-hybridized carbons (Fsp3) is 0.714. The molecule has 0 aromatic carbocycles. The lowest BCUT2D eigenvalue weighted by molar-refractivity contribution is -0.131. The average molecular weight is 143 g/mol. The summed E-state index contributed by atoms with van der Waals surface area (Å²) in [5, 5.41) is 2.46. The average Bonchev–Trinajstić information content (AvgIpc) is 1.87. The normalized spacial score (nSPS) is 9.50. The van der Waals surface area contributed by atoms with Crippen molar-refractivity contribution >= 4 is 12.2 Å². The summed E-state index contributed by atoms with van der Waals surface area (Å²) in [6.45, 7) is 4.72. The Kier molecular flexibility index (Phi) is 4.54. The van der Waals surface area contributed by atoms with E-state index in [0.29, 0.717) is 18.7 Å². The number of amides is 1. The third-order valence-electron chi connectivity index (χ3n) is 1.13. The van der Waals surface area contributed by atoms with Crippen LogP contribution < -0.4 is 5.32 Å². The molecule has 0 radical (unpaired) electrons. The molecule has 0 aromatic heterocycles. The standard InChI is InChI=1S/C7H13NO2/c1-6(2)3-4-8-7(10)5-9/h5-6H,3-4H2,1-2H3,(H,8,10). The van der Waals surface area contributed by atoms with Crippen LogP contribution in [0.5, 0.6) is 0 Å². The first kappa shape index (κ1) is 9.14. The van der Waals surface area contributed by atoms with Gasteiger partial charge in [0.1, 0.15) is 0 Å². The third-order valence-corrected chi connectivity index (χ3v) is 1.13. The van der Waals surface area contributed by atoms with Crippen molar-refractivity contribution in [3.63, 3.8) is 0 Å². The van der Waals surface area contributed by atoms with Crippen LogP contribution in [0.2, 0.25) is 0 Å². The second-order valence-electron chi connectivity index (χ2n) is 2.59. The van der Waals surface area contributed by atoms with E-state index in [4.69, 9.17) is 0 Å². The molecule has 0 heterocycles. The summed E-state index contributed by atoms with van der Waals surface area (Å²) in [4.78, 5) is 20.1. The van der Waals surface area contributed by atoms with Crippen molar-refractivity contribution in [1.29, 1.82) is 0 Å². The van der Waals surface area contributed by atoms with Crippen LogP contribution in [0.25, 0.3) is 0 Å². The van der Waals surface area contributed by atoms with Gasteiger partial charge in [-0.1, -0.05) is 13.8 Å². The van der Waals surface area contributed by atoms with Gasteiger partial charge in [-0.3, -0.25) is 9.59 Å².